The Balaban J connectivity index is 2.68. The second-order valence-corrected chi connectivity index (χ2v) is 4.29. The molecule has 0 saturated heterocycles. The number of rotatable bonds is 5. The zero-order valence-electron chi connectivity index (χ0n) is 11.0. The molecule has 6 heteroatoms. The van der Waals surface area contributed by atoms with Gasteiger partial charge in [-0.25, -0.2) is 0 Å². The lowest BCUT2D eigenvalue weighted by Gasteiger charge is -2.10. The number of halogens is 3. The smallest absolute Gasteiger partial charge is 0.392 e. The zero-order valence-corrected chi connectivity index (χ0v) is 11.0. The van der Waals surface area contributed by atoms with Gasteiger partial charge in [0.1, 0.15) is 0 Å². The van der Waals surface area contributed by atoms with Crippen molar-refractivity contribution in [2.45, 2.75) is 19.5 Å². The predicted molar refractivity (Wildman–Crippen MR) is 70.1 cm³/mol. The van der Waals surface area contributed by atoms with Crippen LogP contribution in [0.5, 0.6) is 0 Å². The second-order valence-electron chi connectivity index (χ2n) is 4.29. The zero-order chi connectivity index (χ0) is 15.2. The van der Waals surface area contributed by atoms with Crippen molar-refractivity contribution in [3.8, 4) is 0 Å². The van der Waals surface area contributed by atoms with Crippen molar-refractivity contribution in [3.63, 3.8) is 0 Å². The van der Waals surface area contributed by atoms with Crippen LogP contribution < -0.4 is 5.32 Å². The molecule has 0 aliphatic rings. The summed E-state index contributed by atoms with van der Waals surface area (Å²) in [5.74, 6) is -1.93. The van der Waals surface area contributed by atoms with Crippen molar-refractivity contribution < 1.29 is 23.1 Å². The minimum atomic E-state index is -4.85. The van der Waals surface area contributed by atoms with Crippen LogP contribution in [0.4, 0.5) is 13.2 Å². The summed E-state index contributed by atoms with van der Waals surface area (Å²) in [5, 5.41) is 10.6. The normalized spacial score (nSPS) is 11.8. The Morgan fingerprint density at radius 1 is 1.40 bits per heavy atom. The lowest BCUT2D eigenvalue weighted by molar-refractivity contribution is -0.173. The molecular weight excluding hydrogens is 271 g/mol. The molecule has 0 aliphatic carbocycles. The van der Waals surface area contributed by atoms with Gasteiger partial charge in [0.15, 0.2) is 0 Å². The van der Waals surface area contributed by atoms with Crippen LogP contribution in [0.25, 0.3) is 6.08 Å². The number of aryl methyl sites for hydroxylation is 1. The van der Waals surface area contributed by atoms with Gasteiger partial charge in [-0.05, 0) is 24.5 Å². The maximum absolute atomic E-state index is 12.0. The number of benzene rings is 1. The van der Waals surface area contributed by atoms with Crippen LogP contribution in [0.15, 0.2) is 24.3 Å². The Morgan fingerprint density at radius 3 is 2.70 bits per heavy atom. The van der Waals surface area contributed by atoms with Gasteiger partial charge in [0.25, 0.3) is 0 Å². The van der Waals surface area contributed by atoms with Crippen molar-refractivity contribution >= 4 is 12.0 Å². The molecule has 2 N–H and O–H groups in total. The van der Waals surface area contributed by atoms with Gasteiger partial charge >= 0.3 is 12.1 Å². The molecule has 0 heterocycles. The largest absolute Gasteiger partial charge is 0.471 e. The third-order valence-electron chi connectivity index (χ3n) is 2.64. The van der Waals surface area contributed by atoms with Crippen molar-refractivity contribution in [3.05, 3.63) is 41.0 Å². The van der Waals surface area contributed by atoms with E-state index >= 15 is 0 Å². The summed E-state index contributed by atoms with van der Waals surface area (Å²) in [4.78, 5) is 10.7. The first-order valence-corrected chi connectivity index (χ1v) is 6.06. The van der Waals surface area contributed by atoms with Crippen molar-refractivity contribution in [1.29, 1.82) is 0 Å². The number of aliphatic hydroxyl groups is 1. The molecule has 1 amide bonds. The van der Waals surface area contributed by atoms with Crippen molar-refractivity contribution in [1.82, 2.24) is 5.32 Å². The maximum Gasteiger partial charge on any atom is 0.471 e. The highest BCUT2D eigenvalue weighted by atomic mass is 19.4. The first-order valence-electron chi connectivity index (χ1n) is 6.06. The summed E-state index contributed by atoms with van der Waals surface area (Å²) in [7, 11) is 0. The Kier molecular flexibility index (Phi) is 5.76. The average Bonchev–Trinajstić information content (AvgIpc) is 2.37. The van der Waals surface area contributed by atoms with E-state index in [1.165, 1.54) is 0 Å². The van der Waals surface area contributed by atoms with Crippen LogP contribution in [0.3, 0.4) is 0 Å². The number of carbonyl (C=O) groups is 1. The molecule has 1 aromatic rings. The van der Waals surface area contributed by atoms with Crippen LogP contribution in [0, 0.1) is 6.92 Å². The van der Waals surface area contributed by atoms with Gasteiger partial charge in [-0.15, -0.1) is 0 Å². The van der Waals surface area contributed by atoms with Gasteiger partial charge in [-0.1, -0.05) is 35.9 Å². The SMILES string of the molecule is Cc1ccc(CCNC(=O)C(F)(F)F)c(/C=C/CO)c1. The van der Waals surface area contributed by atoms with Gasteiger partial charge in [0, 0.05) is 6.54 Å². The van der Waals surface area contributed by atoms with Crippen molar-refractivity contribution in [2.24, 2.45) is 0 Å². The first kappa shape index (κ1) is 16.2. The van der Waals surface area contributed by atoms with Crippen LogP contribution in [-0.2, 0) is 11.2 Å². The molecule has 0 fully saturated rings. The molecule has 1 aromatic carbocycles. The number of alkyl halides is 3. The van der Waals surface area contributed by atoms with Crippen molar-refractivity contribution in [2.75, 3.05) is 13.2 Å². The Bertz CT molecular complexity index is 496. The Hall–Kier alpha value is -1.82. The quantitative estimate of drug-likeness (QED) is 0.872. The topological polar surface area (TPSA) is 49.3 Å². The monoisotopic (exact) mass is 287 g/mol. The first-order chi connectivity index (χ1) is 9.34. The molecule has 0 saturated carbocycles. The van der Waals surface area contributed by atoms with Gasteiger partial charge in [-0.2, -0.15) is 13.2 Å². The number of amides is 1. The number of carbonyl (C=O) groups excluding carboxylic acids is 1. The van der Waals surface area contributed by atoms with E-state index < -0.39 is 12.1 Å². The maximum atomic E-state index is 12.0. The third kappa shape index (κ3) is 5.05. The lowest BCUT2D eigenvalue weighted by atomic mass is 10.0. The standard InChI is InChI=1S/C14H16F3NO2/c1-10-4-5-11(12(9-10)3-2-8-19)6-7-18-13(20)14(15,16)17/h2-5,9,19H,6-8H2,1H3,(H,18,20)/b3-2+. The van der Waals surface area contributed by atoms with E-state index in [4.69, 9.17) is 5.11 Å². The molecule has 0 bridgehead atoms. The predicted octanol–water partition coefficient (Wildman–Crippen LogP) is 2.22. The minimum absolute atomic E-state index is 0.0959. The highest BCUT2D eigenvalue weighted by Gasteiger charge is 2.38. The van der Waals surface area contributed by atoms with E-state index in [1.807, 2.05) is 24.4 Å². The lowest BCUT2D eigenvalue weighted by Crippen LogP contribution is -2.37. The molecule has 3 nitrogen and oxygen atoms in total. The number of hydrogen-bond donors (Lipinski definition) is 2. The van der Waals surface area contributed by atoms with E-state index in [0.29, 0.717) is 0 Å². The van der Waals surface area contributed by atoms with Gasteiger partial charge in [-0.3, -0.25) is 4.79 Å². The van der Waals surface area contributed by atoms with Crippen LogP contribution in [0.1, 0.15) is 16.7 Å². The van der Waals surface area contributed by atoms with E-state index in [1.54, 1.807) is 18.2 Å². The molecule has 20 heavy (non-hydrogen) atoms. The summed E-state index contributed by atoms with van der Waals surface area (Å²) < 4.78 is 36.1. The fraction of sp³-hybridized carbons (Fsp3) is 0.357. The summed E-state index contributed by atoms with van der Waals surface area (Å²) in [6, 6.07) is 5.51. The molecule has 0 atom stereocenters. The molecule has 0 spiro atoms. The van der Waals surface area contributed by atoms with Crippen LogP contribution in [-0.4, -0.2) is 30.3 Å². The number of nitrogens with one attached hydrogen (secondary N) is 1. The van der Waals surface area contributed by atoms with E-state index in [-0.39, 0.29) is 19.6 Å². The fourth-order valence-corrected chi connectivity index (χ4v) is 1.69. The summed E-state index contributed by atoms with van der Waals surface area (Å²) in [6.45, 7) is 1.69. The average molecular weight is 287 g/mol. The summed E-state index contributed by atoms with van der Waals surface area (Å²) >= 11 is 0. The molecule has 0 radical (unpaired) electrons. The third-order valence-corrected chi connectivity index (χ3v) is 2.64. The molecule has 0 aliphatic heterocycles. The second kappa shape index (κ2) is 7.09. The van der Waals surface area contributed by atoms with E-state index in [2.05, 4.69) is 0 Å². The molecule has 1 rings (SSSR count). The van der Waals surface area contributed by atoms with Crippen LogP contribution >= 0.6 is 0 Å². The number of aliphatic hydroxyl groups excluding tert-OH is 1. The van der Waals surface area contributed by atoms with Gasteiger partial charge in [0.05, 0.1) is 6.61 Å². The highest BCUT2D eigenvalue weighted by molar-refractivity contribution is 5.81. The van der Waals surface area contributed by atoms with Crippen LogP contribution in [0.2, 0.25) is 0 Å². The van der Waals surface area contributed by atoms with E-state index in [9.17, 15) is 18.0 Å². The van der Waals surface area contributed by atoms with Gasteiger partial charge in [0.2, 0.25) is 0 Å². The minimum Gasteiger partial charge on any atom is -0.392 e. The molecule has 110 valence electrons. The summed E-state index contributed by atoms with van der Waals surface area (Å²) in [5.41, 5.74) is 2.63. The molecular formula is C14H16F3NO2. The highest BCUT2D eigenvalue weighted by Crippen LogP contribution is 2.16. The summed E-state index contributed by atoms with van der Waals surface area (Å²) in [6.07, 6.45) is -1.32. The van der Waals surface area contributed by atoms with E-state index in [0.717, 1.165) is 16.7 Å². The Morgan fingerprint density at radius 2 is 2.10 bits per heavy atom. The fourth-order valence-electron chi connectivity index (χ4n) is 1.69. The molecule has 0 aromatic heterocycles. The molecule has 0 unspecified atom stereocenters. The Labute approximate surface area is 115 Å². The number of hydrogen-bond acceptors (Lipinski definition) is 2. The van der Waals surface area contributed by atoms with Gasteiger partial charge < -0.3 is 10.4 Å².